The third-order valence-corrected chi connectivity index (χ3v) is 6.02. The summed E-state index contributed by atoms with van der Waals surface area (Å²) in [4.78, 5) is 1.92. The standard InChI is InChI=1S/C19H23FN2O4S/c1-3-26-19-7-5-15(11-16(19)20)27(24,25)21-12-18(23)14-4-6-17-13(10-14)8-9-22(17)2/h4-7,10-11,18,21,23H,3,8-9,12H2,1-2H3. The van der Waals surface area contributed by atoms with Crippen LogP contribution in [0.2, 0.25) is 0 Å². The lowest BCUT2D eigenvalue weighted by Gasteiger charge is -2.16. The zero-order valence-electron chi connectivity index (χ0n) is 15.3. The molecule has 0 radical (unpaired) electrons. The van der Waals surface area contributed by atoms with E-state index < -0.39 is 21.9 Å². The Bertz CT molecular complexity index is 933. The normalized spacial score (nSPS) is 14.9. The number of benzene rings is 2. The molecule has 0 spiro atoms. The Balaban J connectivity index is 1.69. The highest BCUT2D eigenvalue weighted by molar-refractivity contribution is 7.89. The number of rotatable bonds is 7. The van der Waals surface area contributed by atoms with Crippen LogP contribution in [0, 0.1) is 5.82 Å². The second-order valence-corrected chi connectivity index (χ2v) is 8.22. The van der Waals surface area contributed by atoms with Crippen LogP contribution in [0.25, 0.3) is 0 Å². The van der Waals surface area contributed by atoms with E-state index in [-0.39, 0.29) is 23.8 Å². The Morgan fingerprint density at radius 1 is 1.30 bits per heavy atom. The summed E-state index contributed by atoms with van der Waals surface area (Å²) in [6, 6.07) is 9.07. The van der Waals surface area contributed by atoms with Gasteiger partial charge in [-0.05, 0) is 48.7 Å². The molecule has 27 heavy (non-hydrogen) atoms. The molecule has 1 atom stereocenters. The maximum Gasteiger partial charge on any atom is 0.240 e. The van der Waals surface area contributed by atoms with E-state index in [2.05, 4.69) is 9.62 Å². The third-order valence-electron chi connectivity index (χ3n) is 4.60. The number of fused-ring (bicyclic) bond motifs is 1. The summed E-state index contributed by atoms with van der Waals surface area (Å²) in [6.07, 6.45) is -0.104. The SMILES string of the molecule is CCOc1ccc(S(=O)(=O)NCC(O)c2ccc3c(c2)CCN3C)cc1F. The fraction of sp³-hybridized carbons (Fsp3) is 0.368. The number of aliphatic hydroxyl groups is 1. The highest BCUT2D eigenvalue weighted by Crippen LogP contribution is 2.29. The summed E-state index contributed by atoms with van der Waals surface area (Å²) in [7, 11) is -1.95. The number of sulfonamides is 1. The van der Waals surface area contributed by atoms with Crippen LogP contribution in [0.3, 0.4) is 0 Å². The monoisotopic (exact) mass is 394 g/mol. The number of nitrogens with zero attached hydrogens (tertiary/aromatic N) is 1. The first-order valence-corrected chi connectivity index (χ1v) is 10.2. The van der Waals surface area contributed by atoms with Crippen LogP contribution in [0.15, 0.2) is 41.3 Å². The van der Waals surface area contributed by atoms with Gasteiger partial charge in [0.2, 0.25) is 10.0 Å². The van der Waals surface area contributed by atoms with Gasteiger partial charge in [-0.25, -0.2) is 17.5 Å². The van der Waals surface area contributed by atoms with Gasteiger partial charge in [0.15, 0.2) is 11.6 Å². The van der Waals surface area contributed by atoms with Gasteiger partial charge < -0.3 is 14.7 Å². The molecule has 0 saturated carbocycles. The zero-order valence-corrected chi connectivity index (χ0v) is 16.1. The van der Waals surface area contributed by atoms with Crippen LogP contribution in [0.4, 0.5) is 10.1 Å². The Hall–Kier alpha value is -2.16. The molecule has 3 rings (SSSR count). The molecule has 0 saturated heterocycles. The van der Waals surface area contributed by atoms with E-state index in [9.17, 15) is 17.9 Å². The van der Waals surface area contributed by atoms with E-state index >= 15 is 0 Å². The highest BCUT2D eigenvalue weighted by atomic mass is 32.2. The maximum absolute atomic E-state index is 13.9. The van der Waals surface area contributed by atoms with Crippen LogP contribution >= 0.6 is 0 Å². The second-order valence-electron chi connectivity index (χ2n) is 6.45. The molecule has 8 heteroatoms. The quantitative estimate of drug-likeness (QED) is 0.753. The van der Waals surface area contributed by atoms with Crippen molar-refractivity contribution < 1.29 is 22.7 Å². The zero-order chi connectivity index (χ0) is 19.6. The number of aliphatic hydroxyl groups excluding tert-OH is 1. The average Bonchev–Trinajstić information content (AvgIpc) is 3.02. The summed E-state index contributed by atoms with van der Waals surface area (Å²) in [5.74, 6) is -0.748. The highest BCUT2D eigenvalue weighted by Gasteiger charge is 2.21. The van der Waals surface area contributed by atoms with Crippen molar-refractivity contribution in [1.82, 2.24) is 4.72 Å². The summed E-state index contributed by atoms with van der Waals surface area (Å²) >= 11 is 0. The minimum Gasteiger partial charge on any atom is -0.491 e. The smallest absolute Gasteiger partial charge is 0.240 e. The van der Waals surface area contributed by atoms with Crippen LogP contribution in [-0.4, -0.2) is 40.3 Å². The van der Waals surface area contributed by atoms with Gasteiger partial charge in [-0.15, -0.1) is 0 Å². The molecule has 2 N–H and O–H groups in total. The number of ether oxygens (including phenoxy) is 1. The summed E-state index contributed by atoms with van der Waals surface area (Å²) in [5.41, 5.74) is 2.89. The molecule has 0 aliphatic carbocycles. The van der Waals surface area contributed by atoms with E-state index in [1.54, 1.807) is 13.0 Å². The molecule has 6 nitrogen and oxygen atoms in total. The predicted molar refractivity (Wildman–Crippen MR) is 101 cm³/mol. The van der Waals surface area contributed by atoms with Gasteiger partial charge in [-0.2, -0.15) is 0 Å². The number of hydrogen-bond donors (Lipinski definition) is 2. The summed E-state index contributed by atoms with van der Waals surface area (Å²) in [5, 5.41) is 10.4. The fourth-order valence-corrected chi connectivity index (χ4v) is 4.15. The van der Waals surface area contributed by atoms with Crippen molar-refractivity contribution in [3.63, 3.8) is 0 Å². The molecule has 0 fully saturated rings. The van der Waals surface area contributed by atoms with Crippen molar-refractivity contribution in [2.24, 2.45) is 0 Å². The first kappa shape index (κ1) is 19.6. The number of halogens is 1. The largest absolute Gasteiger partial charge is 0.491 e. The molecule has 0 bridgehead atoms. The summed E-state index contributed by atoms with van der Waals surface area (Å²) < 4.78 is 46.1. The maximum atomic E-state index is 13.9. The number of likely N-dealkylation sites (N-methyl/N-ethyl adjacent to an activating group) is 1. The Labute approximate surface area is 158 Å². The van der Waals surface area contributed by atoms with Crippen molar-refractivity contribution in [2.45, 2.75) is 24.3 Å². The number of hydrogen-bond acceptors (Lipinski definition) is 5. The van der Waals surface area contributed by atoms with Gasteiger partial charge in [-0.1, -0.05) is 12.1 Å². The molecule has 2 aromatic rings. The first-order chi connectivity index (χ1) is 12.8. The molecule has 1 aliphatic rings. The molecular weight excluding hydrogens is 371 g/mol. The van der Waals surface area contributed by atoms with Gasteiger partial charge >= 0.3 is 0 Å². The van der Waals surface area contributed by atoms with E-state index in [1.807, 2.05) is 19.2 Å². The number of anilines is 1. The van der Waals surface area contributed by atoms with Crippen LogP contribution < -0.4 is 14.4 Å². The Morgan fingerprint density at radius 3 is 2.78 bits per heavy atom. The summed E-state index contributed by atoms with van der Waals surface area (Å²) in [6.45, 7) is 2.71. The lowest BCUT2D eigenvalue weighted by Crippen LogP contribution is -2.28. The van der Waals surface area contributed by atoms with E-state index in [1.165, 1.54) is 12.1 Å². The van der Waals surface area contributed by atoms with Crippen LogP contribution in [-0.2, 0) is 16.4 Å². The molecule has 146 valence electrons. The Kier molecular flexibility index (Phi) is 5.69. The number of nitrogens with one attached hydrogen (secondary N) is 1. The molecule has 2 aromatic carbocycles. The minimum atomic E-state index is -3.95. The lowest BCUT2D eigenvalue weighted by atomic mass is 10.0. The van der Waals surface area contributed by atoms with Crippen LogP contribution in [0.5, 0.6) is 5.75 Å². The van der Waals surface area contributed by atoms with Gasteiger partial charge in [0.25, 0.3) is 0 Å². The molecule has 1 aliphatic heterocycles. The van der Waals surface area contributed by atoms with E-state index in [0.717, 1.165) is 30.3 Å². The van der Waals surface area contributed by atoms with Gasteiger partial charge in [-0.3, -0.25) is 0 Å². The van der Waals surface area contributed by atoms with Crippen molar-refractivity contribution in [3.8, 4) is 5.75 Å². The van der Waals surface area contributed by atoms with E-state index in [0.29, 0.717) is 5.56 Å². The van der Waals surface area contributed by atoms with Crippen molar-refractivity contribution >= 4 is 15.7 Å². The molecular formula is C19H23FN2O4S. The van der Waals surface area contributed by atoms with Gasteiger partial charge in [0.05, 0.1) is 17.6 Å². The topological polar surface area (TPSA) is 78.9 Å². The minimum absolute atomic E-state index is 0.000376. The van der Waals surface area contributed by atoms with Gasteiger partial charge in [0.1, 0.15) is 0 Å². The first-order valence-electron chi connectivity index (χ1n) is 8.76. The predicted octanol–water partition coefficient (Wildman–Crippen LogP) is 2.23. The Morgan fingerprint density at radius 2 is 2.07 bits per heavy atom. The average molecular weight is 394 g/mol. The van der Waals surface area contributed by atoms with Gasteiger partial charge in [0, 0.05) is 25.8 Å². The van der Waals surface area contributed by atoms with Crippen molar-refractivity contribution in [2.75, 3.05) is 31.6 Å². The molecule has 1 unspecified atom stereocenters. The van der Waals surface area contributed by atoms with E-state index in [4.69, 9.17) is 4.74 Å². The second kappa shape index (κ2) is 7.84. The molecule has 0 amide bonds. The lowest BCUT2D eigenvalue weighted by molar-refractivity contribution is 0.182. The third kappa shape index (κ3) is 4.23. The fourth-order valence-electron chi connectivity index (χ4n) is 3.11. The van der Waals surface area contributed by atoms with Crippen molar-refractivity contribution in [3.05, 3.63) is 53.3 Å². The molecule has 0 aromatic heterocycles. The van der Waals surface area contributed by atoms with Crippen LogP contribution in [0.1, 0.15) is 24.2 Å². The molecule has 1 heterocycles. The van der Waals surface area contributed by atoms with Crippen molar-refractivity contribution in [1.29, 1.82) is 0 Å².